The fraction of sp³-hybridized carbons (Fsp3) is 0.389. The lowest BCUT2D eigenvalue weighted by Crippen LogP contribution is -2.39. The van der Waals surface area contributed by atoms with E-state index in [0.717, 1.165) is 5.56 Å². The van der Waals surface area contributed by atoms with Gasteiger partial charge in [-0.2, -0.15) is 0 Å². The fourth-order valence-electron chi connectivity index (χ4n) is 2.45. The summed E-state index contributed by atoms with van der Waals surface area (Å²) in [4.78, 5) is 15.3. The van der Waals surface area contributed by atoms with Crippen LogP contribution in [0.4, 0.5) is 0 Å². The van der Waals surface area contributed by atoms with Crippen molar-refractivity contribution in [1.29, 1.82) is 0 Å². The molecule has 1 heterocycles. The van der Waals surface area contributed by atoms with Crippen LogP contribution in [-0.2, 0) is 4.79 Å². The third-order valence-electron chi connectivity index (χ3n) is 4.11. The van der Waals surface area contributed by atoms with Crippen LogP contribution in [0.2, 0.25) is 0 Å². The Hall–Kier alpha value is -1.65. The van der Waals surface area contributed by atoms with Gasteiger partial charge in [-0.05, 0) is 29.9 Å². The average Bonchev–Trinajstić information content (AvgIpc) is 3.08. The summed E-state index contributed by atoms with van der Waals surface area (Å²) in [5, 5.41) is 12.5. The summed E-state index contributed by atoms with van der Waals surface area (Å²) < 4.78 is 0. The molecule has 4 heteroatoms. The van der Waals surface area contributed by atoms with E-state index in [1.165, 1.54) is 4.88 Å². The van der Waals surface area contributed by atoms with E-state index in [2.05, 4.69) is 13.0 Å². The van der Waals surface area contributed by atoms with Crippen molar-refractivity contribution in [3.8, 4) is 0 Å². The lowest BCUT2D eigenvalue weighted by Gasteiger charge is -2.30. The molecule has 2 rings (SSSR count). The van der Waals surface area contributed by atoms with Gasteiger partial charge in [0, 0.05) is 18.3 Å². The molecule has 0 fully saturated rings. The molecule has 0 bridgehead atoms. The molecule has 0 saturated carbocycles. The van der Waals surface area contributed by atoms with Crippen molar-refractivity contribution >= 4 is 17.2 Å². The second-order valence-electron chi connectivity index (χ2n) is 5.72. The highest BCUT2D eigenvalue weighted by atomic mass is 32.1. The van der Waals surface area contributed by atoms with Crippen molar-refractivity contribution in [2.45, 2.75) is 38.3 Å². The van der Waals surface area contributed by atoms with E-state index >= 15 is 0 Å². The maximum Gasteiger partial charge on any atom is 0.223 e. The predicted octanol–water partition coefficient (Wildman–Crippen LogP) is 3.82. The van der Waals surface area contributed by atoms with Gasteiger partial charge in [0.2, 0.25) is 5.91 Å². The van der Waals surface area contributed by atoms with Crippen LogP contribution in [0.15, 0.2) is 47.8 Å². The van der Waals surface area contributed by atoms with Gasteiger partial charge in [0.25, 0.3) is 0 Å². The number of carbonyl (C=O) groups excluding carboxylic acids is 1. The van der Waals surface area contributed by atoms with Gasteiger partial charge in [0.1, 0.15) is 0 Å². The van der Waals surface area contributed by atoms with Crippen molar-refractivity contribution in [3.63, 3.8) is 0 Å². The summed E-state index contributed by atoms with van der Waals surface area (Å²) in [5.41, 5.74) is 0.834. The molecule has 3 nitrogen and oxygen atoms in total. The third-order valence-corrected chi connectivity index (χ3v) is 5.22. The normalized spacial score (nSPS) is 15.1. The van der Waals surface area contributed by atoms with Crippen molar-refractivity contribution in [2.75, 3.05) is 7.05 Å². The number of rotatable bonds is 6. The minimum atomic E-state index is -0.674. The molecule has 0 radical (unpaired) electrons. The largest absolute Gasteiger partial charge is 0.386 e. The number of nitrogens with zero attached hydrogens (tertiary/aromatic N) is 1. The second-order valence-corrected chi connectivity index (χ2v) is 6.70. The lowest BCUT2D eigenvalue weighted by atomic mass is 10.0. The number of aliphatic hydroxyl groups excluding tert-OH is 1. The molecule has 0 saturated heterocycles. The van der Waals surface area contributed by atoms with E-state index in [1.807, 2.05) is 48.7 Å². The first-order chi connectivity index (χ1) is 10.5. The Kier molecular flexibility index (Phi) is 5.75. The number of amides is 1. The average molecular weight is 317 g/mol. The molecule has 3 atom stereocenters. The second kappa shape index (κ2) is 7.56. The highest BCUT2D eigenvalue weighted by Crippen LogP contribution is 2.26. The highest BCUT2D eigenvalue weighted by molar-refractivity contribution is 7.10. The Morgan fingerprint density at radius 1 is 1.18 bits per heavy atom. The minimum absolute atomic E-state index is 0.0587. The van der Waals surface area contributed by atoms with Gasteiger partial charge in [-0.3, -0.25) is 4.79 Å². The Balaban J connectivity index is 1.97. The van der Waals surface area contributed by atoms with Crippen molar-refractivity contribution in [3.05, 3.63) is 58.3 Å². The molecule has 0 aliphatic carbocycles. The molecule has 0 aliphatic heterocycles. The standard InChI is InChI=1S/C18H23NO2S/c1-13(16-10-7-11-22-16)12-17(20)19(3)14(2)18(21)15-8-5-4-6-9-15/h4-11,13-14,18,21H,12H2,1-3H3/t13-,14+,18-/m1/s1. The van der Waals surface area contributed by atoms with Gasteiger partial charge in [0.15, 0.2) is 0 Å². The zero-order valence-electron chi connectivity index (χ0n) is 13.3. The molecule has 0 spiro atoms. The highest BCUT2D eigenvalue weighted by Gasteiger charge is 2.25. The smallest absolute Gasteiger partial charge is 0.223 e. The first kappa shape index (κ1) is 16.7. The zero-order chi connectivity index (χ0) is 16.1. The quantitative estimate of drug-likeness (QED) is 0.880. The predicted molar refractivity (Wildman–Crippen MR) is 91.0 cm³/mol. The van der Waals surface area contributed by atoms with Crippen LogP contribution >= 0.6 is 11.3 Å². The van der Waals surface area contributed by atoms with Crippen LogP contribution in [-0.4, -0.2) is 29.0 Å². The van der Waals surface area contributed by atoms with Gasteiger partial charge in [-0.1, -0.05) is 43.3 Å². The summed E-state index contributed by atoms with van der Waals surface area (Å²) >= 11 is 1.68. The van der Waals surface area contributed by atoms with E-state index in [9.17, 15) is 9.90 Å². The van der Waals surface area contributed by atoms with Crippen LogP contribution in [0.3, 0.4) is 0 Å². The maximum atomic E-state index is 12.4. The molecular formula is C18H23NO2S. The minimum Gasteiger partial charge on any atom is -0.386 e. The van der Waals surface area contributed by atoms with Crippen LogP contribution in [0.25, 0.3) is 0 Å². The van der Waals surface area contributed by atoms with Crippen molar-refractivity contribution in [1.82, 2.24) is 4.90 Å². The first-order valence-corrected chi connectivity index (χ1v) is 8.40. The van der Waals surface area contributed by atoms with E-state index in [4.69, 9.17) is 0 Å². The Morgan fingerprint density at radius 2 is 1.86 bits per heavy atom. The topological polar surface area (TPSA) is 40.5 Å². The van der Waals surface area contributed by atoms with Crippen LogP contribution in [0, 0.1) is 0 Å². The van der Waals surface area contributed by atoms with E-state index < -0.39 is 6.10 Å². The molecule has 22 heavy (non-hydrogen) atoms. The fourth-order valence-corrected chi connectivity index (χ4v) is 3.23. The number of carbonyl (C=O) groups is 1. The molecule has 1 amide bonds. The molecule has 1 aromatic heterocycles. The molecule has 1 N–H and O–H groups in total. The Morgan fingerprint density at radius 3 is 2.45 bits per heavy atom. The summed E-state index contributed by atoms with van der Waals surface area (Å²) in [6.07, 6.45) is -0.213. The molecule has 0 unspecified atom stereocenters. The number of hydrogen-bond donors (Lipinski definition) is 1. The molecule has 1 aromatic carbocycles. The molecule has 118 valence electrons. The zero-order valence-corrected chi connectivity index (χ0v) is 14.1. The number of aliphatic hydroxyl groups is 1. The number of benzene rings is 1. The van der Waals surface area contributed by atoms with E-state index in [1.54, 1.807) is 23.3 Å². The maximum absolute atomic E-state index is 12.4. The Bertz CT molecular complexity index is 582. The SMILES string of the molecule is C[C@H](CC(=O)N(C)[C@@H](C)[C@@H](O)c1ccccc1)c1cccs1. The van der Waals surface area contributed by atoms with Crippen LogP contribution in [0.5, 0.6) is 0 Å². The summed E-state index contributed by atoms with van der Waals surface area (Å²) in [7, 11) is 1.76. The monoisotopic (exact) mass is 317 g/mol. The molecular weight excluding hydrogens is 294 g/mol. The summed E-state index contributed by atoms with van der Waals surface area (Å²) in [5.74, 6) is 0.263. The van der Waals surface area contributed by atoms with Crippen LogP contribution in [0.1, 0.15) is 42.7 Å². The van der Waals surface area contributed by atoms with Crippen molar-refractivity contribution in [2.24, 2.45) is 0 Å². The Labute approximate surface area is 136 Å². The molecule has 0 aliphatic rings. The van der Waals surface area contributed by atoms with Crippen LogP contribution < -0.4 is 0 Å². The lowest BCUT2D eigenvalue weighted by molar-refractivity contribution is -0.134. The summed E-state index contributed by atoms with van der Waals surface area (Å²) in [6.45, 7) is 3.95. The van der Waals surface area contributed by atoms with E-state index in [-0.39, 0.29) is 17.9 Å². The van der Waals surface area contributed by atoms with Gasteiger partial charge >= 0.3 is 0 Å². The van der Waals surface area contributed by atoms with Gasteiger partial charge in [0.05, 0.1) is 12.1 Å². The van der Waals surface area contributed by atoms with E-state index in [0.29, 0.717) is 6.42 Å². The molecule has 2 aromatic rings. The number of thiophene rings is 1. The third kappa shape index (κ3) is 3.96. The number of likely N-dealkylation sites (N-methyl/N-ethyl adjacent to an activating group) is 1. The van der Waals surface area contributed by atoms with Crippen molar-refractivity contribution < 1.29 is 9.90 Å². The van der Waals surface area contributed by atoms with Gasteiger partial charge in [-0.15, -0.1) is 11.3 Å². The van der Waals surface area contributed by atoms with Gasteiger partial charge < -0.3 is 10.0 Å². The first-order valence-electron chi connectivity index (χ1n) is 7.52. The summed E-state index contributed by atoms with van der Waals surface area (Å²) in [6, 6.07) is 13.3. The number of hydrogen-bond acceptors (Lipinski definition) is 3. The van der Waals surface area contributed by atoms with Gasteiger partial charge in [-0.25, -0.2) is 0 Å².